The molecule has 0 saturated heterocycles. The van der Waals surface area contributed by atoms with Gasteiger partial charge in [0.2, 0.25) is 5.95 Å². The minimum atomic E-state index is -4.96. The van der Waals surface area contributed by atoms with Crippen LogP contribution in [0.4, 0.5) is 17.6 Å². The van der Waals surface area contributed by atoms with Crippen molar-refractivity contribution < 1.29 is 22.7 Å². The maximum absolute atomic E-state index is 12.8. The Hall–Kier alpha value is -0.880. The van der Waals surface area contributed by atoms with Crippen LogP contribution in [-0.4, -0.2) is 16.3 Å². The molecule has 0 aromatic carbocycles. The van der Waals surface area contributed by atoms with Gasteiger partial charge in [-0.05, 0) is 6.07 Å². The summed E-state index contributed by atoms with van der Waals surface area (Å²) in [6.45, 7) is 0. The topological polar surface area (TPSA) is 33.1 Å². The first-order valence-electron chi connectivity index (χ1n) is 3.38. The van der Waals surface area contributed by atoms with E-state index in [1.807, 2.05) is 0 Å². The summed E-state index contributed by atoms with van der Waals surface area (Å²) < 4.78 is 48.8. The van der Waals surface area contributed by atoms with Crippen molar-refractivity contribution in [2.24, 2.45) is 0 Å². The van der Waals surface area contributed by atoms with Crippen LogP contribution in [-0.2, 0) is 0 Å². The molecule has 0 radical (unpaired) electrons. The molecule has 0 fully saturated rings. The average Bonchev–Trinajstić information content (AvgIpc) is 2.01. The van der Waals surface area contributed by atoms with Gasteiger partial charge in [-0.15, -0.1) is 0 Å². The van der Waals surface area contributed by atoms with E-state index in [1.165, 1.54) is 0 Å². The van der Waals surface area contributed by atoms with Gasteiger partial charge in [0.1, 0.15) is 0 Å². The fourth-order valence-corrected chi connectivity index (χ4v) is 1.07. The lowest BCUT2D eigenvalue weighted by Crippen LogP contribution is -2.22. The number of pyridine rings is 1. The number of alkyl halides is 3. The smallest absolute Gasteiger partial charge is 0.379 e. The van der Waals surface area contributed by atoms with Crippen LogP contribution in [0.3, 0.4) is 0 Å². The molecule has 0 aliphatic heterocycles. The second-order valence-electron chi connectivity index (χ2n) is 2.44. The van der Waals surface area contributed by atoms with Crippen LogP contribution in [0.15, 0.2) is 12.3 Å². The molecule has 0 saturated carbocycles. The van der Waals surface area contributed by atoms with E-state index in [9.17, 15) is 17.6 Å². The van der Waals surface area contributed by atoms with E-state index in [0.717, 1.165) is 12.3 Å². The molecule has 0 unspecified atom stereocenters. The number of hydrogen-bond donors (Lipinski definition) is 1. The predicted molar refractivity (Wildman–Crippen MR) is 40.2 cm³/mol. The van der Waals surface area contributed by atoms with E-state index >= 15 is 0 Å². The summed E-state index contributed by atoms with van der Waals surface area (Å²) in [6.07, 6.45) is -7.01. The Kier molecular flexibility index (Phi) is 2.96. The van der Waals surface area contributed by atoms with Crippen LogP contribution in [0, 0.1) is 5.95 Å². The zero-order chi connectivity index (χ0) is 10.9. The molecule has 0 bridgehead atoms. The molecule has 1 N–H and O–H groups in total. The molecule has 1 rings (SSSR count). The van der Waals surface area contributed by atoms with Crippen molar-refractivity contribution in [2.45, 2.75) is 12.3 Å². The van der Waals surface area contributed by atoms with E-state index in [2.05, 4.69) is 4.98 Å². The summed E-state index contributed by atoms with van der Waals surface area (Å²) in [5.41, 5.74) is -1.05. The minimum Gasteiger partial charge on any atom is -0.379 e. The predicted octanol–water partition coefficient (Wildman–Crippen LogP) is 2.47. The molecule has 1 aromatic heterocycles. The van der Waals surface area contributed by atoms with Crippen LogP contribution >= 0.6 is 11.6 Å². The lowest BCUT2D eigenvalue weighted by molar-refractivity contribution is -0.207. The van der Waals surface area contributed by atoms with Gasteiger partial charge in [0.25, 0.3) is 0 Å². The molecule has 0 aliphatic carbocycles. The van der Waals surface area contributed by atoms with Gasteiger partial charge < -0.3 is 5.11 Å². The quantitative estimate of drug-likeness (QED) is 0.593. The first-order chi connectivity index (χ1) is 6.34. The van der Waals surface area contributed by atoms with Gasteiger partial charge in [-0.25, -0.2) is 4.98 Å². The zero-order valence-corrected chi connectivity index (χ0v) is 7.27. The van der Waals surface area contributed by atoms with Gasteiger partial charge >= 0.3 is 6.18 Å². The Morgan fingerprint density at radius 3 is 2.43 bits per heavy atom. The van der Waals surface area contributed by atoms with Gasteiger partial charge in [-0.3, -0.25) is 0 Å². The van der Waals surface area contributed by atoms with Gasteiger partial charge in [-0.1, -0.05) is 11.6 Å². The Bertz CT molecular complexity index is 321. The van der Waals surface area contributed by atoms with Crippen molar-refractivity contribution in [2.75, 3.05) is 0 Å². The Morgan fingerprint density at radius 2 is 2.00 bits per heavy atom. The summed E-state index contributed by atoms with van der Waals surface area (Å²) in [5.74, 6) is -1.43. The highest BCUT2D eigenvalue weighted by Crippen LogP contribution is 2.36. The number of nitrogens with zero attached hydrogens (tertiary/aromatic N) is 1. The second kappa shape index (κ2) is 3.70. The van der Waals surface area contributed by atoms with Crippen LogP contribution in [0.2, 0.25) is 5.02 Å². The van der Waals surface area contributed by atoms with E-state index in [1.54, 1.807) is 0 Å². The first-order valence-corrected chi connectivity index (χ1v) is 3.76. The van der Waals surface area contributed by atoms with E-state index in [-0.39, 0.29) is 0 Å². The SMILES string of the molecule is O[C@H](c1c(Cl)ccnc1F)C(F)(F)F. The maximum Gasteiger partial charge on any atom is 0.418 e. The highest BCUT2D eigenvalue weighted by Gasteiger charge is 2.42. The lowest BCUT2D eigenvalue weighted by atomic mass is 10.1. The first kappa shape index (κ1) is 11.2. The van der Waals surface area contributed by atoms with Crippen molar-refractivity contribution in [1.82, 2.24) is 4.98 Å². The van der Waals surface area contributed by atoms with Gasteiger partial charge in [0.15, 0.2) is 6.10 Å². The third kappa shape index (κ3) is 2.13. The largest absolute Gasteiger partial charge is 0.418 e. The number of aliphatic hydroxyl groups is 1. The number of rotatable bonds is 1. The third-order valence-electron chi connectivity index (χ3n) is 1.47. The number of aliphatic hydroxyl groups excluding tert-OH is 1. The lowest BCUT2D eigenvalue weighted by Gasteiger charge is -2.15. The monoisotopic (exact) mass is 229 g/mol. The molecule has 0 spiro atoms. The number of aromatic nitrogens is 1. The molecule has 0 aliphatic rings. The van der Waals surface area contributed by atoms with Crippen LogP contribution < -0.4 is 0 Å². The van der Waals surface area contributed by atoms with E-state index in [0.29, 0.717) is 0 Å². The molecule has 1 heterocycles. The van der Waals surface area contributed by atoms with Crippen molar-refractivity contribution in [3.63, 3.8) is 0 Å². The maximum atomic E-state index is 12.8. The fourth-order valence-electron chi connectivity index (χ4n) is 0.833. The Balaban J connectivity index is 3.19. The number of hydrogen-bond acceptors (Lipinski definition) is 2. The normalized spacial score (nSPS) is 14.1. The summed E-state index contributed by atoms with van der Waals surface area (Å²) in [7, 11) is 0. The number of halogens is 5. The molecule has 78 valence electrons. The molecule has 0 amide bonds. The van der Waals surface area contributed by atoms with Crippen molar-refractivity contribution in [3.8, 4) is 0 Å². The fraction of sp³-hybridized carbons (Fsp3) is 0.286. The minimum absolute atomic E-state index is 0.512. The van der Waals surface area contributed by atoms with Gasteiger partial charge in [0, 0.05) is 6.20 Å². The van der Waals surface area contributed by atoms with Crippen LogP contribution in [0.5, 0.6) is 0 Å². The molecular formula is C7H4ClF4NO. The van der Waals surface area contributed by atoms with Gasteiger partial charge in [0.05, 0.1) is 10.6 Å². The second-order valence-corrected chi connectivity index (χ2v) is 2.85. The van der Waals surface area contributed by atoms with E-state index < -0.39 is 28.8 Å². The van der Waals surface area contributed by atoms with Crippen LogP contribution in [0.25, 0.3) is 0 Å². The third-order valence-corrected chi connectivity index (χ3v) is 1.80. The van der Waals surface area contributed by atoms with Crippen molar-refractivity contribution in [3.05, 3.63) is 28.8 Å². The standard InChI is InChI=1S/C7H4ClF4NO/c8-3-1-2-13-6(9)4(3)5(14)7(10,11)12/h1-2,5,14H/t5-/m1/s1. The molecule has 7 heteroatoms. The summed E-state index contributed by atoms with van der Waals surface area (Å²) in [6, 6.07) is 0.967. The highest BCUT2D eigenvalue weighted by molar-refractivity contribution is 6.31. The van der Waals surface area contributed by atoms with Gasteiger partial charge in [-0.2, -0.15) is 17.6 Å². The summed E-state index contributed by atoms with van der Waals surface area (Å²) in [4.78, 5) is 2.96. The molecule has 2 nitrogen and oxygen atoms in total. The molecular weight excluding hydrogens is 226 g/mol. The molecule has 14 heavy (non-hydrogen) atoms. The van der Waals surface area contributed by atoms with Crippen LogP contribution in [0.1, 0.15) is 11.7 Å². The average molecular weight is 230 g/mol. The van der Waals surface area contributed by atoms with E-state index in [4.69, 9.17) is 16.7 Å². The van der Waals surface area contributed by atoms with Crippen molar-refractivity contribution >= 4 is 11.6 Å². The van der Waals surface area contributed by atoms with Crippen molar-refractivity contribution in [1.29, 1.82) is 0 Å². The Morgan fingerprint density at radius 1 is 1.43 bits per heavy atom. The highest BCUT2D eigenvalue weighted by atomic mass is 35.5. The molecule has 1 atom stereocenters. The molecule has 1 aromatic rings. The summed E-state index contributed by atoms with van der Waals surface area (Å²) in [5, 5.41) is 8.22. The zero-order valence-electron chi connectivity index (χ0n) is 6.52. The summed E-state index contributed by atoms with van der Waals surface area (Å²) >= 11 is 5.29. The Labute approximate surface area is 81.1 Å².